The third-order valence-corrected chi connectivity index (χ3v) is 7.19. The number of amides is 2. The van der Waals surface area contributed by atoms with Gasteiger partial charge in [0.05, 0.1) is 5.56 Å². The van der Waals surface area contributed by atoms with E-state index in [4.69, 9.17) is 9.47 Å². The van der Waals surface area contributed by atoms with Gasteiger partial charge >= 0.3 is 0 Å². The lowest BCUT2D eigenvalue weighted by Gasteiger charge is -2.25. The summed E-state index contributed by atoms with van der Waals surface area (Å²) >= 11 is 1.51. The highest BCUT2D eigenvalue weighted by atomic mass is 32.1. The van der Waals surface area contributed by atoms with Crippen LogP contribution in [0.5, 0.6) is 11.5 Å². The Hall–Kier alpha value is -3.32. The number of ether oxygens (including phenoxy) is 2. The minimum Gasteiger partial charge on any atom is -0.485 e. The molecule has 7 heteroatoms. The van der Waals surface area contributed by atoms with Crippen molar-refractivity contribution >= 4 is 28.2 Å². The second kappa shape index (κ2) is 9.67. The van der Waals surface area contributed by atoms with E-state index in [-0.39, 0.29) is 18.4 Å². The number of carbonyl (C=O) groups excluding carboxylic acids is 2. The van der Waals surface area contributed by atoms with Crippen LogP contribution in [0.3, 0.4) is 0 Å². The Morgan fingerprint density at radius 2 is 1.73 bits per heavy atom. The molecule has 1 aliphatic heterocycles. The Morgan fingerprint density at radius 3 is 2.58 bits per heavy atom. The predicted octanol–water partition coefficient (Wildman–Crippen LogP) is 4.38. The van der Waals surface area contributed by atoms with E-state index in [1.807, 2.05) is 36.4 Å². The van der Waals surface area contributed by atoms with E-state index in [2.05, 4.69) is 22.8 Å². The average Bonchev–Trinajstić information content (AvgIpc) is 3.22. The minimum absolute atomic E-state index is 0.131. The molecule has 5 rings (SSSR count). The summed E-state index contributed by atoms with van der Waals surface area (Å²) in [4.78, 5) is 27.4. The van der Waals surface area contributed by atoms with Gasteiger partial charge < -0.3 is 20.1 Å². The van der Waals surface area contributed by atoms with E-state index in [0.29, 0.717) is 28.6 Å². The molecule has 1 unspecified atom stereocenters. The summed E-state index contributed by atoms with van der Waals surface area (Å²) in [5, 5.41) is 6.62. The van der Waals surface area contributed by atoms with Crippen molar-refractivity contribution in [2.45, 2.75) is 38.2 Å². The van der Waals surface area contributed by atoms with E-state index in [1.54, 1.807) is 6.07 Å². The number of rotatable bonds is 6. The normalized spacial score (nSPS) is 16.5. The fraction of sp³-hybridized carbons (Fsp3) is 0.308. The molecule has 2 amide bonds. The van der Waals surface area contributed by atoms with Crippen LogP contribution in [0.2, 0.25) is 0 Å². The van der Waals surface area contributed by atoms with Crippen LogP contribution >= 0.6 is 11.3 Å². The molecule has 1 aromatic heterocycles. The average molecular weight is 463 g/mol. The maximum absolute atomic E-state index is 13.2. The zero-order chi connectivity index (χ0) is 22.6. The molecule has 0 fully saturated rings. The number of nitrogens with one attached hydrogen (secondary N) is 2. The Bertz CT molecular complexity index is 1160. The van der Waals surface area contributed by atoms with Crippen LogP contribution in [0.25, 0.3) is 0 Å². The standard InChI is InChI=1S/C26H26N2O4S/c29-24(21-16-31-19-11-5-6-12-20(19)32-21)28-26-23(18-10-4-7-13-22(18)33-26)25(30)27-15-14-17-8-2-1-3-9-17/h1-3,5-6,8-9,11-12,21H,4,7,10,13-16H2,(H,27,30)(H,28,29). The second-order valence-corrected chi connectivity index (χ2v) is 9.37. The van der Waals surface area contributed by atoms with Crippen molar-refractivity contribution in [3.05, 3.63) is 76.2 Å². The maximum Gasteiger partial charge on any atom is 0.269 e. The van der Waals surface area contributed by atoms with Crippen LogP contribution in [0.15, 0.2) is 54.6 Å². The summed E-state index contributed by atoms with van der Waals surface area (Å²) in [5.41, 5.74) is 2.85. The topological polar surface area (TPSA) is 76.7 Å². The first kappa shape index (κ1) is 21.5. The van der Waals surface area contributed by atoms with Gasteiger partial charge in [-0.05, 0) is 55.4 Å². The monoisotopic (exact) mass is 462 g/mol. The van der Waals surface area contributed by atoms with E-state index in [0.717, 1.165) is 37.7 Å². The Morgan fingerprint density at radius 1 is 0.970 bits per heavy atom. The van der Waals surface area contributed by atoms with Crippen molar-refractivity contribution in [2.24, 2.45) is 0 Å². The lowest BCUT2D eigenvalue weighted by Crippen LogP contribution is -2.40. The molecule has 0 radical (unpaired) electrons. The van der Waals surface area contributed by atoms with Gasteiger partial charge in [-0.1, -0.05) is 42.5 Å². The molecule has 3 aromatic rings. The molecule has 1 atom stereocenters. The SMILES string of the molecule is O=C(NCCc1ccccc1)c1c(NC(=O)C2COc3ccccc3O2)sc2c1CCCC2. The van der Waals surface area contributed by atoms with Crippen LogP contribution < -0.4 is 20.1 Å². The van der Waals surface area contributed by atoms with Crippen LogP contribution in [0, 0.1) is 0 Å². The van der Waals surface area contributed by atoms with Gasteiger partial charge in [-0.25, -0.2) is 0 Å². The van der Waals surface area contributed by atoms with Crippen molar-refractivity contribution < 1.29 is 19.1 Å². The van der Waals surface area contributed by atoms with Crippen molar-refractivity contribution in [2.75, 3.05) is 18.5 Å². The number of hydrogen-bond acceptors (Lipinski definition) is 5. The first-order valence-corrected chi connectivity index (χ1v) is 12.2. The molecule has 170 valence electrons. The largest absolute Gasteiger partial charge is 0.485 e. The quantitative estimate of drug-likeness (QED) is 0.570. The molecule has 2 heterocycles. The van der Waals surface area contributed by atoms with Gasteiger partial charge in [-0.15, -0.1) is 11.3 Å². The van der Waals surface area contributed by atoms with E-state index < -0.39 is 6.10 Å². The van der Waals surface area contributed by atoms with Crippen LogP contribution in [-0.4, -0.2) is 31.1 Å². The number of thiophene rings is 1. The van der Waals surface area contributed by atoms with Gasteiger partial charge in [0.2, 0.25) is 6.10 Å². The summed E-state index contributed by atoms with van der Waals surface area (Å²) < 4.78 is 11.5. The van der Waals surface area contributed by atoms with Crippen molar-refractivity contribution in [3.8, 4) is 11.5 Å². The van der Waals surface area contributed by atoms with E-state index >= 15 is 0 Å². The predicted molar refractivity (Wildman–Crippen MR) is 128 cm³/mol. The lowest BCUT2D eigenvalue weighted by atomic mass is 9.95. The molecular weight excluding hydrogens is 436 g/mol. The lowest BCUT2D eigenvalue weighted by molar-refractivity contribution is -0.125. The highest BCUT2D eigenvalue weighted by Gasteiger charge is 2.31. The molecule has 6 nitrogen and oxygen atoms in total. The molecule has 2 N–H and O–H groups in total. The fourth-order valence-electron chi connectivity index (χ4n) is 4.29. The molecule has 2 aromatic carbocycles. The molecule has 0 saturated carbocycles. The molecular formula is C26H26N2O4S. The zero-order valence-corrected chi connectivity index (χ0v) is 19.1. The van der Waals surface area contributed by atoms with Crippen molar-refractivity contribution in [3.63, 3.8) is 0 Å². The van der Waals surface area contributed by atoms with Gasteiger partial charge in [0.15, 0.2) is 11.5 Å². The summed E-state index contributed by atoms with van der Waals surface area (Å²) in [5.74, 6) is 0.744. The van der Waals surface area contributed by atoms with Gasteiger partial charge in [-0.3, -0.25) is 9.59 Å². The number of anilines is 1. The molecule has 0 saturated heterocycles. The Kier molecular flexibility index (Phi) is 6.30. The highest BCUT2D eigenvalue weighted by Crippen LogP contribution is 2.38. The number of para-hydroxylation sites is 2. The highest BCUT2D eigenvalue weighted by molar-refractivity contribution is 7.17. The summed E-state index contributed by atoms with van der Waals surface area (Å²) in [6.07, 6.45) is 3.95. The van der Waals surface area contributed by atoms with Crippen LogP contribution in [0.1, 0.15) is 39.2 Å². The number of hydrogen-bond donors (Lipinski definition) is 2. The zero-order valence-electron chi connectivity index (χ0n) is 18.3. The summed E-state index contributed by atoms with van der Waals surface area (Å²) in [6, 6.07) is 17.4. The van der Waals surface area contributed by atoms with Crippen LogP contribution in [0.4, 0.5) is 5.00 Å². The third-order valence-electron chi connectivity index (χ3n) is 5.98. The molecule has 1 aliphatic carbocycles. The molecule has 33 heavy (non-hydrogen) atoms. The van der Waals surface area contributed by atoms with Crippen molar-refractivity contribution in [1.29, 1.82) is 0 Å². The van der Waals surface area contributed by atoms with Crippen LogP contribution in [-0.2, 0) is 24.1 Å². The number of carbonyl (C=O) groups is 2. The molecule has 2 aliphatic rings. The summed E-state index contributed by atoms with van der Waals surface area (Å²) in [6.45, 7) is 0.670. The second-order valence-electron chi connectivity index (χ2n) is 8.26. The smallest absolute Gasteiger partial charge is 0.269 e. The first-order chi connectivity index (χ1) is 16.2. The third kappa shape index (κ3) is 4.73. The Labute approximate surface area is 196 Å². The van der Waals surface area contributed by atoms with Gasteiger partial charge in [0, 0.05) is 11.4 Å². The molecule has 0 bridgehead atoms. The minimum atomic E-state index is -0.770. The van der Waals surface area contributed by atoms with Gasteiger partial charge in [0.25, 0.3) is 11.8 Å². The molecule has 0 spiro atoms. The van der Waals surface area contributed by atoms with Gasteiger partial charge in [-0.2, -0.15) is 0 Å². The van der Waals surface area contributed by atoms with E-state index in [1.165, 1.54) is 21.8 Å². The Balaban J connectivity index is 1.30. The van der Waals surface area contributed by atoms with E-state index in [9.17, 15) is 9.59 Å². The number of fused-ring (bicyclic) bond motifs is 2. The first-order valence-electron chi connectivity index (χ1n) is 11.3. The number of aryl methyl sites for hydroxylation is 1. The van der Waals surface area contributed by atoms with Crippen molar-refractivity contribution in [1.82, 2.24) is 5.32 Å². The summed E-state index contributed by atoms with van der Waals surface area (Å²) in [7, 11) is 0. The fourth-order valence-corrected chi connectivity index (χ4v) is 5.58. The van der Waals surface area contributed by atoms with Gasteiger partial charge in [0.1, 0.15) is 11.6 Å². The number of benzene rings is 2. The maximum atomic E-state index is 13.2.